The van der Waals surface area contributed by atoms with Gasteiger partial charge in [-0.3, -0.25) is 4.79 Å². The van der Waals surface area contributed by atoms with Crippen LogP contribution in [0.4, 0.5) is 5.69 Å². The van der Waals surface area contributed by atoms with E-state index >= 15 is 0 Å². The van der Waals surface area contributed by atoms with Crippen LogP contribution in [0, 0.1) is 6.92 Å². The summed E-state index contributed by atoms with van der Waals surface area (Å²) < 4.78 is 15.2. The minimum Gasteiger partial charge on any atom is -0.497 e. The molecule has 126 valence electrons. The van der Waals surface area contributed by atoms with Gasteiger partial charge in [0.15, 0.2) is 6.61 Å². The number of hydrogen-bond donors (Lipinski definition) is 1. The highest BCUT2D eigenvalue weighted by atomic mass is 16.5. The van der Waals surface area contributed by atoms with E-state index in [0.717, 1.165) is 5.56 Å². The smallest absolute Gasteiger partial charge is 0.338 e. The van der Waals surface area contributed by atoms with Crippen LogP contribution in [0.1, 0.15) is 15.9 Å². The largest absolute Gasteiger partial charge is 0.497 e. The van der Waals surface area contributed by atoms with Gasteiger partial charge in [0.25, 0.3) is 5.91 Å². The van der Waals surface area contributed by atoms with Crippen LogP contribution in [0.15, 0.2) is 42.5 Å². The number of carbonyl (C=O) groups excluding carboxylic acids is 2. The van der Waals surface area contributed by atoms with Crippen LogP contribution in [-0.4, -0.2) is 32.7 Å². The molecule has 0 aliphatic carbocycles. The predicted molar refractivity (Wildman–Crippen MR) is 89.6 cm³/mol. The quantitative estimate of drug-likeness (QED) is 0.825. The molecule has 0 saturated heterocycles. The highest BCUT2D eigenvalue weighted by Crippen LogP contribution is 2.18. The molecule has 0 atom stereocenters. The molecule has 1 amide bonds. The average molecular weight is 329 g/mol. The molecule has 0 aliphatic heterocycles. The maximum Gasteiger partial charge on any atom is 0.338 e. The SMILES string of the molecule is COc1ccc(NC(=O)COC(=O)c2ccc(OC)cc2C)cc1. The molecule has 0 unspecified atom stereocenters. The van der Waals surface area contributed by atoms with Crippen LogP contribution in [0.5, 0.6) is 11.5 Å². The Morgan fingerprint density at radius 2 is 1.58 bits per heavy atom. The van der Waals surface area contributed by atoms with Gasteiger partial charge in [-0.05, 0) is 55.0 Å². The van der Waals surface area contributed by atoms with Crippen LogP contribution in [-0.2, 0) is 9.53 Å². The predicted octanol–water partition coefficient (Wildman–Crippen LogP) is 2.81. The first-order valence-corrected chi connectivity index (χ1v) is 7.29. The van der Waals surface area contributed by atoms with Crippen molar-refractivity contribution in [2.24, 2.45) is 0 Å². The summed E-state index contributed by atoms with van der Waals surface area (Å²) >= 11 is 0. The lowest BCUT2D eigenvalue weighted by Crippen LogP contribution is -2.21. The molecule has 0 aliphatic rings. The Balaban J connectivity index is 1.89. The molecule has 24 heavy (non-hydrogen) atoms. The number of ether oxygens (including phenoxy) is 3. The second kappa shape index (κ2) is 8.01. The summed E-state index contributed by atoms with van der Waals surface area (Å²) in [6.45, 7) is 1.41. The maximum absolute atomic E-state index is 12.0. The average Bonchev–Trinajstić information content (AvgIpc) is 2.60. The summed E-state index contributed by atoms with van der Waals surface area (Å²) in [6.07, 6.45) is 0. The van der Waals surface area contributed by atoms with E-state index in [4.69, 9.17) is 14.2 Å². The van der Waals surface area contributed by atoms with E-state index < -0.39 is 11.9 Å². The molecule has 0 heterocycles. The number of anilines is 1. The standard InChI is InChI=1S/C18H19NO5/c1-12-10-15(23-3)8-9-16(12)18(21)24-11-17(20)19-13-4-6-14(22-2)7-5-13/h4-10H,11H2,1-3H3,(H,19,20). The number of carbonyl (C=O) groups is 2. The van der Waals surface area contributed by atoms with E-state index in [1.54, 1.807) is 63.6 Å². The molecule has 0 aromatic heterocycles. The molecular weight excluding hydrogens is 310 g/mol. The van der Waals surface area contributed by atoms with Gasteiger partial charge in [0.1, 0.15) is 11.5 Å². The summed E-state index contributed by atoms with van der Waals surface area (Å²) in [7, 11) is 3.12. The lowest BCUT2D eigenvalue weighted by Gasteiger charge is -2.09. The molecule has 2 rings (SSSR count). The lowest BCUT2D eigenvalue weighted by atomic mass is 10.1. The molecule has 6 heteroatoms. The topological polar surface area (TPSA) is 73.9 Å². The Morgan fingerprint density at radius 3 is 2.17 bits per heavy atom. The number of nitrogens with one attached hydrogen (secondary N) is 1. The van der Waals surface area contributed by atoms with Crippen molar-refractivity contribution in [3.8, 4) is 11.5 Å². The maximum atomic E-state index is 12.0. The summed E-state index contributed by atoms with van der Waals surface area (Å²) in [5, 5.41) is 2.64. The van der Waals surface area contributed by atoms with Gasteiger partial charge in [-0.2, -0.15) is 0 Å². The molecule has 2 aromatic rings. The first kappa shape index (κ1) is 17.3. The zero-order valence-corrected chi connectivity index (χ0v) is 13.8. The lowest BCUT2D eigenvalue weighted by molar-refractivity contribution is -0.119. The van der Waals surface area contributed by atoms with Crippen LogP contribution >= 0.6 is 0 Å². The Hall–Kier alpha value is -3.02. The van der Waals surface area contributed by atoms with Crippen molar-refractivity contribution >= 4 is 17.6 Å². The van der Waals surface area contributed by atoms with Crippen molar-refractivity contribution in [1.29, 1.82) is 0 Å². The van der Waals surface area contributed by atoms with Crippen LogP contribution in [0.2, 0.25) is 0 Å². The summed E-state index contributed by atoms with van der Waals surface area (Å²) in [5.41, 5.74) is 1.71. The number of benzene rings is 2. The van der Waals surface area contributed by atoms with E-state index in [-0.39, 0.29) is 6.61 Å². The minimum absolute atomic E-state index is 0.365. The van der Waals surface area contributed by atoms with E-state index in [1.807, 2.05) is 0 Å². The molecule has 0 radical (unpaired) electrons. The highest BCUT2D eigenvalue weighted by Gasteiger charge is 2.13. The van der Waals surface area contributed by atoms with Gasteiger partial charge in [0.2, 0.25) is 0 Å². The van der Waals surface area contributed by atoms with Crippen molar-refractivity contribution in [3.63, 3.8) is 0 Å². The first-order chi connectivity index (χ1) is 11.5. The second-order valence-corrected chi connectivity index (χ2v) is 5.03. The molecule has 0 saturated carbocycles. The van der Waals surface area contributed by atoms with E-state index in [0.29, 0.717) is 22.7 Å². The van der Waals surface area contributed by atoms with Crippen molar-refractivity contribution in [3.05, 3.63) is 53.6 Å². The number of aryl methyl sites for hydroxylation is 1. The van der Waals surface area contributed by atoms with Crippen molar-refractivity contribution in [2.45, 2.75) is 6.92 Å². The monoisotopic (exact) mass is 329 g/mol. The zero-order chi connectivity index (χ0) is 17.5. The number of hydrogen-bond acceptors (Lipinski definition) is 5. The molecule has 0 spiro atoms. The van der Waals surface area contributed by atoms with Gasteiger partial charge in [-0.25, -0.2) is 4.79 Å². The third-order valence-electron chi connectivity index (χ3n) is 3.36. The fourth-order valence-electron chi connectivity index (χ4n) is 2.07. The van der Waals surface area contributed by atoms with Crippen molar-refractivity contribution in [2.75, 3.05) is 26.1 Å². The summed E-state index contributed by atoms with van der Waals surface area (Å²) in [5.74, 6) is 0.371. The third kappa shape index (κ3) is 4.49. The summed E-state index contributed by atoms with van der Waals surface area (Å²) in [4.78, 5) is 23.9. The van der Waals surface area contributed by atoms with Gasteiger partial charge in [0.05, 0.1) is 19.8 Å². The summed E-state index contributed by atoms with van der Waals surface area (Å²) in [6, 6.07) is 11.9. The van der Waals surface area contributed by atoms with E-state index in [2.05, 4.69) is 5.32 Å². The van der Waals surface area contributed by atoms with Crippen LogP contribution < -0.4 is 14.8 Å². The molecule has 2 aromatic carbocycles. The zero-order valence-electron chi connectivity index (χ0n) is 13.8. The van der Waals surface area contributed by atoms with Gasteiger partial charge in [-0.15, -0.1) is 0 Å². The number of amides is 1. The molecule has 6 nitrogen and oxygen atoms in total. The highest BCUT2D eigenvalue weighted by molar-refractivity contribution is 5.96. The van der Waals surface area contributed by atoms with E-state index in [1.165, 1.54) is 0 Å². The van der Waals surface area contributed by atoms with Crippen LogP contribution in [0.25, 0.3) is 0 Å². The molecule has 0 fully saturated rings. The Morgan fingerprint density at radius 1 is 0.958 bits per heavy atom. The number of methoxy groups -OCH3 is 2. The first-order valence-electron chi connectivity index (χ1n) is 7.29. The van der Waals surface area contributed by atoms with Gasteiger partial charge >= 0.3 is 5.97 Å². The Kier molecular flexibility index (Phi) is 5.78. The van der Waals surface area contributed by atoms with Crippen LogP contribution in [0.3, 0.4) is 0 Å². The fraction of sp³-hybridized carbons (Fsp3) is 0.222. The fourth-order valence-corrected chi connectivity index (χ4v) is 2.07. The minimum atomic E-state index is -0.556. The van der Waals surface area contributed by atoms with Gasteiger partial charge in [0, 0.05) is 5.69 Å². The van der Waals surface area contributed by atoms with Gasteiger partial charge < -0.3 is 19.5 Å². The normalized spacial score (nSPS) is 9.96. The number of rotatable bonds is 6. The van der Waals surface area contributed by atoms with E-state index in [9.17, 15) is 9.59 Å². The number of esters is 1. The third-order valence-corrected chi connectivity index (χ3v) is 3.36. The Labute approximate surface area is 140 Å². The van der Waals surface area contributed by atoms with Crippen molar-refractivity contribution < 1.29 is 23.8 Å². The second-order valence-electron chi connectivity index (χ2n) is 5.03. The van der Waals surface area contributed by atoms with Gasteiger partial charge in [-0.1, -0.05) is 0 Å². The van der Waals surface area contributed by atoms with Crippen molar-refractivity contribution in [1.82, 2.24) is 0 Å². The molecule has 1 N–H and O–H groups in total. The Bertz CT molecular complexity index is 725. The molecular formula is C18H19NO5. The molecule has 0 bridgehead atoms.